The Bertz CT molecular complexity index is 1540. The van der Waals surface area contributed by atoms with E-state index in [1.54, 1.807) is 12.3 Å². The number of benzene rings is 2. The number of halogens is 3. The van der Waals surface area contributed by atoms with E-state index in [4.69, 9.17) is 9.97 Å². The number of piperidine rings is 1. The molecule has 0 aliphatic carbocycles. The third kappa shape index (κ3) is 6.34. The van der Waals surface area contributed by atoms with Crippen molar-refractivity contribution < 1.29 is 17.4 Å². The maximum absolute atomic E-state index is 14.8. The van der Waals surface area contributed by atoms with Gasteiger partial charge in [-0.05, 0) is 75.4 Å². The molecule has 1 atom stereocenters. The number of hydrogen-bond acceptors (Lipinski definition) is 7. The summed E-state index contributed by atoms with van der Waals surface area (Å²) in [6.45, 7) is 6.08. The van der Waals surface area contributed by atoms with Crippen LogP contribution in [0.25, 0.3) is 21.8 Å². The average molecular weight is 587 g/mol. The number of nitrogens with one attached hydrogen (secondary N) is 2. The summed E-state index contributed by atoms with van der Waals surface area (Å²) in [5.74, 6) is -1.63. The highest BCUT2D eigenvalue weighted by molar-refractivity contribution is 7.86. The third-order valence-electron chi connectivity index (χ3n) is 6.61. The minimum absolute atomic E-state index is 0.128. The number of thiazole rings is 1. The van der Waals surface area contributed by atoms with Crippen LogP contribution in [0, 0.1) is 17.5 Å². The second-order valence-electron chi connectivity index (χ2n) is 10.0. The van der Waals surface area contributed by atoms with Crippen LogP contribution in [0.3, 0.4) is 0 Å². The fourth-order valence-electron chi connectivity index (χ4n) is 4.37. The van der Waals surface area contributed by atoms with Crippen molar-refractivity contribution in [1.29, 1.82) is 0 Å². The van der Waals surface area contributed by atoms with Crippen molar-refractivity contribution in [1.82, 2.24) is 19.9 Å². The molecule has 2 aromatic heterocycles. The monoisotopic (exact) mass is 586 g/mol. The van der Waals surface area contributed by atoms with E-state index in [-0.39, 0.29) is 17.6 Å². The fraction of sp³-hybridized carbons (Fsp3) is 0.321. The minimum Gasteiger partial charge on any atom is -0.351 e. The zero-order valence-electron chi connectivity index (χ0n) is 22.2. The Kier molecular flexibility index (Phi) is 8.48. The predicted molar refractivity (Wildman–Crippen MR) is 153 cm³/mol. The number of anilines is 2. The molecule has 1 saturated heterocycles. The Balaban J connectivity index is 1.47. The summed E-state index contributed by atoms with van der Waals surface area (Å²) >= 11 is 1.49. The smallest absolute Gasteiger partial charge is 0.223 e. The Morgan fingerprint density at radius 1 is 1.02 bits per heavy atom. The van der Waals surface area contributed by atoms with Crippen molar-refractivity contribution in [2.75, 3.05) is 30.2 Å². The maximum atomic E-state index is 14.8. The molecule has 12 heteroatoms. The van der Waals surface area contributed by atoms with Gasteiger partial charge < -0.3 is 10.2 Å². The van der Waals surface area contributed by atoms with Gasteiger partial charge in [-0.15, -0.1) is 11.3 Å². The molecule has 0 saturated carbocycles. The molecule has 0 radical (unpaired) electrons. The summed E-state index contributed by atoms with van der Waals surface area (Å²) in [4.78, 5) is 16.7. The molecule has 5 rings (SSSR count). The zero-order valence-corrected chi connectivity index (χ0v) is 23.9. The van der Waals surface area contributed by atoms with Crippen molar-refractivity contribution in [3.05, 3.63) is 71.1 Å². The lowest BCUT2D eigenvalue weighted by Gasteiger charge is -2.29. The molecule has 1 aliphatic rings. The van der Waals surface area contributed by atoms with Crippen molar-refractivity contribution in [2.24, 2.45) is 0 Å². The number of likely N-dealkylation sites (tertiary alicyclic amines) is 1. The van der Waals surface area contributed by atoms with Gasteiger partial charge in [0.05, 0.1) is 31.9 Å². The number of aromatic nitrogens is 3. The van der Waals surface area contributed by atoms with Crippen molar-refractivity contribution in [2.45, 2.75) is 43.5 Å². The van der Waals surface area contributed by atoms with Gasteiger partial charge in [0.1, 0.15) is 17.5 Å². The summed E-state index contributed by atoms with van der Waals surface area (Å²) in [7, 11) is -0.129. The summed E-state index contributed by atoms with van der Waals surface area (Å²) in [5.41, 5.74) is 1.69. The lowest BCUT2D eigenvalue weighted by molar-refractivity contribution is 0.263. The predicted octanol–water partition coefficient (Wildman–Crippen LogP) is 6.45. The Morgan fingerprint density at radius 2 is 1.77 bits per heavy atom. The van der Waals surface area contributed by atoms with Crippen LogP contribution in [0.2, 0.25) is 0 Å². The minimum atomic E-state index is -2.24. The van der Waals surface area contributed by atoms with Gasteiger partial charge in [-0.2, -0.15) is 0 Å². The van der Waals surface area contributed by atoms with Gasteiger partial charge in [-0.3, -0.25) is 4.72 Å². The van der Waals surface area contributed by atoms with Gasteiger partial charge in [0.2, 0.25) is 5.95 Å². The second kappa shape index (κ2) is 12.0. The van der Waals surface area contributed by atoms with Crippen LogP contribution in [0.1, 0.15) is 37.6 Å². The molecular weight excluding hydrogens is 557 g/mol. The highest BCUT2D eigenvalue weighted by atomic mass is 32.2. The fourth-order valence-corrected chi connectivity index (χ4v) is 6.36. The van der Waals surface area contributed by atoms with E-state index in [1.165, 1.54) is 23.5 Å². The molecule has 7 nitrogen and oxygen atoms in total. The molecule has 210 valence electrons. The van der Waals surface area contributed by atoms with Crippen molar-refractivity contribution in [3.8, 4) is 21.8 Å². The molecule has 40 heavy (non-hydrogen) atoms. The molecule has 0 bridgehead atoms. The molecular formula is C28H29F3N6OS2. The first-order valence-electron chi connectivity index (χ1n) is 12.9. The molecule has 2 aromatic carbocycles. The largest absolute Gasteiger partial charge is 0.351 e. The van der Waals surface area contributed by atoms with Crippen molar-refractivity contribution in [3.63, 3.8) is 0 Å². The van der Waals surface area contributed by atoms with E-state index in [0.717, 1.165) is 54.0 Å². The van der Waals surface area contributed by atoms with Crippen LogP contribution in [0.5, 0.6) is 0 Å². The Labute approximate surface area is 237 Å². The Hall–Kier alpha value is -3.35. The van der Waals surface area contributed by atoms with Crippen LogP contribution in [0.15, 0.2) is 53.6 Å². The molecule has 0 amide bonds. The molecule has 4 aromatic rings. The van der Waals surface area contributed by atoms with Crippen LogP contribution >= 0.6 is 11.3 Å². The topological polar surface area (TPSA) is 83.0 Å². The quantitative estimate of drug-likeness (QED) is 0.247. The first-order chi connectivity index (χ1) is 19.2. The SMILES string of the molecule is CC(C)c1nc(-c2ccc(F)c(NS(=O)c3cc(F)ccc3F)c2)c(-c2ccnc(NC3CCN(C)CC3)n2)s1. The summed E-state index contributed by atoms with van der Waals surface area (Å²) in [6, 6.07) is 8.99. The van der Waals surface area contributed by atoms with E-state index in [0.29, 0.717) is 22.9 Å². The van der Waals surface area contributed by atoms with Gasteiger partial charge in [-0.25, -0.2) is 32.3 Å². The van der Waals surface area contributed by atoms with E-state index >= 15 is 0 Å². The molecule has 0 spiro atoms. The first kappa shape index (κ1) is 28.2. The van der Waals surface area contributed by atoms with Gasteiger partial charge in [0, 0.05) is 23.7 Å². The Morgan fingerprint density at radius 3 is 2.52 bits per heavy atom. The normalized spacial score (nSPS) is 15.4. The highest BCUT2D eigenvalue weighted by Gasteiger charge is 2.22. The van der Waals surface area contributed by atoms with E-state index in [1.807, 2.05) is 19.9 Å². The average Bonchev–Trinajstić information content (AvgIpc) is 3.39. The van der Waals surface area contributed by atoms with Crippen LogP contribution in [-0.2, 0) is 11.0 Å². The third-order valence-corrected chi connectivity index (χ3v) is 9.11. The summed E-state index contributed by atoms with van der Waals surface area (Å²) < 4.78 is 57.8. The lowest BCUT2D eigenvalue weighted by Crippen LogP contribution is -2.37. The number of nitrogens with zero attached hydrogens (tertiary/aromatic N) is 4. The second-order valence-corrected chi connectivity index (χ2v) is 12.2. The molecule has 3 heterocycles. The van der Waals surface area contributed by atoms with E-state index in [9.17, 15) is 17.4 Å². The standard InChI is InChI=1S/C28H29F3N6OS2/c1-16(2)27-35-25(26(39-27)22-8-11-32-28(34-22)33-19-9-12-37(3)13-10-19)17-4-6-20(30)23(14-17)36-40(38)24-15-18(29)5-7-21(24)31/h4-8,11,14-16,19,36H,9-10,12-13H2,1-3H3,(H,32,33,34). The summed E-state index contributed by atoms with van der Waals surface area (Å²) in [5, 5.41) is 4.32. The van der Waals surface area contributed by atoms with Gasteiger partial charge in [0.25, 0.3) is 0 Å². The summed E-state index contributed by atoms with van der Waals surface area (Å²) in [6.07, 6.45) is 3.70. The van der Waals surface area contributed by atoms with Crippen molar-refractivity contribution >= 4 is 34.0 Å². The van der Waals surface area contributed by atoms with Gasteiger partial charge in [-0.1, -0.05) is 13.8 Å². The van der Waals surface area contributed by atoms with Gasteiger partial charge >= 0.3 is 0 Å². The first-order valence-corrected chi connectivity index (χ1v) is 14.9. The molecule has 1 unspecified atom stereocenters. The van der Waals surface area contributed by atoms with E-state index in [2.05, 4.69) is 27.0 Å². The highest BCUT2D eigenvalue weighted by Crippen LogP contribution is 2.39. The molecule has 2 N–H and O–H groups in total. The van der Waals surface area contributed by atoms with E-state index < -0.39 is 33.3 Å². The van der Waals surface area contributed by atoms with Crippen LogP contribution < -0.4 is 10.0 Å². The van der Waals surface area contributed by atoms with Gasteiger partial charge in [0.15, 0.2) is 11.0 Å². The zero-order chi connectivity index (χ0) is 28.4. The lowest BCUT2D eigenvalue weighted by atomic mass is 10.1. The number of hydrogen-bond donors (Lipinski definition) is 2. The molecule has 1 fully saturated rings. The van der Waals surface area contributed by atoms with Crippen LogP contribution in [-0.4, -0.2) is 50.2 Å². The van der Waals surface area contributed by atoms with Crippen LogP contribution in [0.4, 0.5) is 24.8 Å². The maximum Gasteiger partial charge on any atom is 0.223 e. The number of rotatable bonds is 8. The molecule has 1 aliphatic heterocycles.